The zero-order valence-corrected chi connectivity index (χ0v) is 11.3. The van der Waals surface area contributed by atoms with Crippen molar-refractivity contribution in [3.05, 3.63) is 19.6 Å². The summed E-state index contributed by atoms with van der Waals surface area (Å²) >= 11 is 2.31. The average Bonchev–Trinajstić information content (AvgIpc) is 2.24. The van der Waals surface area contributed by atoms with Crippen LogP contribution in [0, 0.1) is 13.5 Å². The Morgan fingerprint density at radius 3 is 1.80 bits per heavy atom. The fourth-order valence-electron chi connectivity index (χ4n) is 0.665. The van der Waals surface area contributed by atoms with Crippen molar-refractivity contribution in [1.82, 2.24) is 0 Å². The van der Waals surface area contributed by atoms with Gasteiger partial charge in [-0.2, -0.15) is 6.92 Å². The van der Waals surface area contributed by atoms with Gasteiger partial charge < -0.3 is 22.6 Å². The molecule has 0 N–H and O–H groups in total. The predicted octanol–water partition coefficient (Wildman–Crippen LogP) is 2.96. The first-order valence-electron chi connectivity index (χ1n) is 4.44. The van der Waals surface area contributed by atoms with Crippen LogP contribution in [-0.4, -0.2) is 19.4 Å². The Morgan fingerprint density at radius 1 is 1.27 bits per heavy atom. The Hall–Kier alpha value is 0.196. The van der Waals surface area contributed by atoms with Crippen LogP contribution in [0.15, 0.2) is 6.08 Å². The Kier molecular flexibility index (Phi) is 22.8. The van der Waals surface area contributed by atoms with Crippen LogP contribution >= 0.6 is 7.60 Å². The van der Waals surface area contributed by atoms with Gasteiger partial charge in [-0.15, -0.1) is 0 Å². The molecule has 0 aromatic carbocycles. The van der Waals surface area contributed by atoms with Crippen molar-refractivity contribution in [3.63, 3.8) is 0 Å². The maximum absolute atomic E-state index is 11.5. The van der Waals surface area contributed by atoms with Gasteiger partial charge in [-0.25, -0.2) is 0 Å². The Morgan fingerprint density at radius 2 is 1.60 bits per heavy atom. The summed E-state index contributed by atoms with van der Waals surface area (Å²) in [5.74, 6) is 0. The van der Waals surface area contributed by atoms with Gasteiger partial charge in [0.1, 0.15) is 0 Å². The first-order valence-corrected chi connectivity index (χ1v) is 6.59. The SMILES string of the molecule is [CH-]=CCP(=O)(OCC)OCC.[CH2-]C.[O]=[Co]. The standard InChI is InChI=1S/C7H14O3P.C2H5.Co.O/c1-4-7-11(8,9-5-2)10-6-3;1-2;;/h1,4H,5-7H2,2-3H3;1H2,2H3;;/q2*-1;;. The van der Waals surface area contributed by atoms with E-state index >= 15 is 0 Å². The van der Waals surface area contributed by atoms with E-state index in [9.17, 15) is 4.57 Å². The van der Waals surface area contributed by atoms with Crippen molar-refractivity contribution in [3.8, 4) is 0 Å². The van der Waals surface area contributed by atoms with Gasteiger partial charge in [-0.1, -0.05) is 0 Å². The molecule has 0 aromatic heterocycles. The van der Waals surface area contributed by atoms with Crippen LogP contribution in [0.25, 0.3) is 0 Å². The van der Waals surface area contributed by atoms with Crippen LogP contribution in [0.5, 0.6) is 0 Å². The van der Waals surface area contributed by atoms with E-state index in [1.54, 1.807) is 20.8 Å². The first kappa shape index (κ1) is 20.6. The summed E-state index contributed by atoms with van der Waals surface area (Å²) in [5.41, 5.74) is 0. The zero-order valence-electron chi connectivity index (χ0n) is 9.40. The van der Waals surface area contributed by atoms with Crippen molar-refractivity contribution >= 4 is 7.60 Å². The van der Waals surface area contributed by atoms with Gasteiger partial charge in [0.15, 0.2) is 0 Å². The quantitative estimate of drug-likeness (QED) is 0.555. The van der Waals surface area contributed by atoms with Crippen LogP contribution in [0.1, 0.15) is 20.8 Å². The second-order valence-electron chi connectivity index (χ2n) is 1.86. The third-order valence-electron chi connectivity index (χ3n) is 0.981. The van der Waals surface area contributed by atoms with Gasteiger partial charge in [0.2, 0.25) is 0 Å². The molecule has 0 atom stereocenters. The molecule has 0 rings (SSSR count). The molecule has 0 bridgehead atoms. The summed E-state index contributed by atoms with van der Waals surface area (Å²) < 4.78 is 29.3. The number of rotatable bonds is 6. The molecule has 0 aromatic rings. The van der Waals surface area contributed by atoms with Gasteiger partial charge in [-0.05, 0) is 13.8 Å². The van der Waals surface area contributed by atoms with E-state index in [0.29, 0.717) is 13.2 Å². The molecule has 0 aliphatic rings. The molecule has 0 heterocycles. The van der Waals surface area contributed by atoms with Gasteiger partial charge in [0.25, 0.3) is 0 Å². The Bertz CT molecular complexity index is 165. The van der Waals surface area contributed by atoms with Gasteiger partial charge >= 0.3 is 27.1 Å². The molecular weight excluding hydrogens is 262 g/mol. The topological polar surface area (TPSA) is 52.6 Å². The Labute approximate surface area is 101 Å². The summed E-state index contributed by atoms with van der Waals surface area (Å²) in [7, 11) is -2.90. The molecule has 0 amide bonds. The van der Waals surface area contributed by atoms with Crippen LogP contribution in [0.2, 0.25) is 0 Å². The summed E-state index contributed by atoms with van der Waals surface area (Å²) in [6.45, 7) is 14.4. The van der Waals surface area contributed by atoms with Crippen molar-refractivity contribution in [1.29, 1.82) is 0 Å². The predicted molar refractivity (Wildman–Crippen MR) is 56.3 cm³/mol. The molecule has 0 saturated carbocycles. The second kappa shape index (κ2) is 16.6. The molecule has 0 aliphatic heterocycles. The minimum atomic E-state index is -2.90. The fraction of sp³-hybridized carbons (Fsp3) is 0.667. The molecule has 0 saturated heterocycles. The third-order valence-corrected chi connectivity index (χ3v) is 2.94. The van der Waals surface area contributed by atoms with Gasteiger partial charge in [-0.3, -0.25) is 10.6 Å². The maximum atomic E-state index is 11.5. The van der Waals surface area contributed by atoms with E-state index in [1.807, 2.05) is 0 Å². The van der Waals surface area contributed by atoms with Gasteiger partial charge in [0, 0.05) is 6.16 Å². The van der Waals surface area contributed by atoms with E-state index in [0.717, 1.165) is 0 Å². The summed E-state index contributed by atoms with van der Waals surface area (Å²) in [4.78, 5) is 0. The molecule has 6 heteroatoms. The van der Waals surface area contributed by atoms with Crippen LogP contribution in [0.3, 0.4) is 0 Å². The molecule has 95 valence electrons. The Balaban J connectivity index is -0.000000318. The average molecular weight is 281 g/mol. The first-order chi connectivity index (χ1) is 7.18. The number of hydrogen-bond donors (Lipinski definition) is 0. The van der Waals surface area contributed by atoms with Crippen LogP contribution in [0.4, 0.5) is 0 Å². The molecule has 0 radical (unpaired) electrons. The molecule has 0 unspecified atom stereocenters. The van der Waals surface area contributed by atoms with E-state index in [2.05, 4.69) is 22.6 Å². The molecule has 4 nitrogen and oxygen atoms in total. The van der Waals surface area contributed by atoms with E-state index in [-0.39, 0.29) is 6.16 Å². The molecular formula is C9H19CoO4P-2. The van der Waals surface area contributed by atoms with Crippen molar-refractivity contribution in [2.45, 2.75) is 20.8 Å². The minimum absolute atomic E-state index is 0.175. The van der Waals surface area contributed by atoms with E-state index < -0.39 is 7.60 Å². The normalized spacial score (nSPS) is 9.13. The van der Waals surface area contributed by atoms with Crippen LogP contribution in [-0.2, 0) is 33.1 Å². The monoisotopic (exact) mass is 281 g/mol. The van der Waals surface area contributed by atoms with E-state index in [1.165, 1.54) is 6.08 Å². The fourth-order valence-corrected chi connectivity index (χ4v) is 2.00. The summed E-state index contributed by atoms with van der Waals surface area (Å²) in [5, 5.41) is 0. The summed E-state index contributed by atoms with van der Waals surface area (Å²) in [6.07, 6.45) is 1.47. The zero-order chi connectivity index (χ0) is 12.7. The summed E-state index contributed by atoms with van der Waals surface area (Å²) in [6, 6.07) is 0. The molecule has 0 spiro atoms. The molecule has 0 fully saturated rings. The van der Waals surface area contributed by atoms with Crippen molar-refractivity contribution in [2.75, 3.05) is 19.4 Å². The second-order valence-corrected chi connectivity index (χ2v) is 3.97. The van der Waals surface area contributed by atoms with Crippen molar-refractivity contribution in [2.24, 2.45) is 0 Å². The number of hydrogen-bond acceptors (Lipinski definition) is 4. The third kappa shape index (κ3) is 14.2. The van der Waals surface area contributed by atoms with Crippen LogP contribution < -0.4 is 0 Å². The number of allylic oxidation sites excluding steroid dienone is 1. The van der Waals surface area contributed by atoms with Crippen molar-refractivity contribution < 1.29 is 33.1 Å². The molecule has 0 aliphatic carbocycles. The molecule has 15 heavy (non-hydrogen) atoms. The van der Waals surface area contributed by atoms with E-state index in [4.69, 9.17) is 19.5 Å². The van der Waals surface area contributed by atoms with Gasteiger partial charge in [0.05, 0.1) is 13.2 Å².